The third-order valence-corrected chi connectivity index (χ3v) is 8.01. The van der Waals surface area contributed by atoms with E-state index in [2.05, 4.69) is 81.1 Å². The molecular formula is C29H35NO3S2. The number of carbonyl (C=O) groups is 2. The van der Waals surface area contributed by atoms with E-state index in [0.29, 0.717) is 4.88 Å². The summed E-state index contributed by atoms with van der Waals surface area (Å²) in [5, 5.41) is 2.77. The second-order valence-corrected chi connectivity index (χ2v) is 12.0. The number of nitrogens with one attached hydrogen (secondary N) is 1. The van der Waals surface area contributed by atoms with Crippen molar-refractivity contribution in [2.45, 2.75) is 57.8 Å². The summed E-state index contributed by atoms with van der Waals surface area (Å²) in [5.74, 6) is 0.476. The monoisotopic (exact) mass is 509 g/mol. The Hall–Kier alpha value is -2.57. The van der Waals surface area contributed by atoms with Crippen LogP contribution >= 0.6 is 23.1 Å². The van der Waals surface area contributed by atoms with E-state index in [1.165, 1.54) is 56.0 Å². The van der Waals surface area contributed by atoms with Crippen LogP contribution in [0.3, 0.4) is 0 Å². The van der Waals surface area contributed by atoms with Crippen LogP contribution in [0.4, 0.5) is 0 Å². The molecule has 3 aromatic rings. The van der Waals surface area contributed by atoms with E-state index in [-0.39, 0.29) is 30.3 Å². The Balaban J connectivity index is 1.57. The lowest BCUT2D eigenvalue weighted by atomic mass is 9.85. The fourth-order valence-electron chi connectivity index (χ4n) is 3.97. The molecule has 1 amide bonds. The number of aryl methyl sites for hydroxylation is 3. The van der Waals surface area contributed by atoms with Crippen molar-refractivity contribution in [3.8, 4) is 11.1 Å². The molecule has 186 valence electrons. The zero-order chi connectivity index (χ0) is 25.6. The minimum absolute atomic E-state index is 0.143. The highest BCUT2D eigenvalue weighted by Gasteiger charge is 2.15. The minimum atomic E-state index is -0.328. The first-order chi connectivity index (χ1) is 16.6. The smallest absolute Gasteiger partial charge is 0.307 e. The maximum atomic E-state index is 12.3. The summed E-state index contributed by atoms with van der Waals surface area (Å²) in [5.41, 5.74) is 6.66. The Labute approximate surface area is 217 Å². The van der Waals surface area contributed by atoms with Gasteiger partial charge in [0.1, 0.15) is 0 Å². The Morgan fingerprint density at radius 3 is 2.26 bits per heavy atom. The molecule has 1 heterocycles. The number of rotatable bonds is 9. The first-order valence-corrected chi connectivity index (χ1v) is 13.7. The molecule has 1 N–H and O–H groups in total. The van der Waals surface area contributed by atoms with Gasteiger partial charge in [-0.15, -0.1) is 23.1 Å². The Morgan fingerprint density at radius 2 is 1.66 bits per heavy atom. The van der Waals surface area contributed by atoms with E-state index in [9.17, 15) is 9.59 Å². The molecule has 0 aliphatic rings. The zero-order valence-corrected chi connectivity index (χ0v) is 23.1. The average Bonchev–Trinajstić information content (AvgIpc) is 3.27. The van der Waals surface area contributed by atoms with Crippen molar-refractivity contribution >= 4 is 35.0 Å². The zero-order valence-electron chi connectivity index (χ0n) is 21.5. The Bertz CT molecular complexity index is 1150. The highest BCUT2D eigenvalue weighted by Crippen LogP contribution is 2.33. The van der Waals surface area contributed by atoms with Crippen molar-refractivity contribution in [2.24, 2.45) is 0 Å². The number of hydrogen-bond acceptors (Lipinski definition) is 5. The van der Waals surface area contributed by atoms with E-state index in [4.69, 9.17) is 0 Å². The number of amides is 1. The van der Waals surface area contributed by atoms with E-state index in [1.54, 1.807) is 0 Å². The number of benzene rings is 2. The van der Waals surface area contributed by atoms with Crippen LogP contribution in [0.2, 0.25) is 0 Å². The first kappa shape index (κ1) is 27.0. The van der Waals surface area contributed by atoms with Gasteiger partial charge in [-0.1, -0.05) is 45.0 Å². The molecule has 2 aromatic carbocycles. The number of thiophene rings is 1. The maximum Gasteiger partial charge on any atom is 0.307 e. The molecule has 1 aromatic heterocycles. The van der Waals surface area contributed by atoms with Gasteiger partial charge in [0.2, 0.25) is 0 Å². The minimum Gasteiger partial charge on any atom is -0.469 e. The fraction of sp³-hybridized carbons (Fsp3) is 0.379. The maximum absolute atomic E-state index is 12.3. The molecule has 0 aliphatic carbocycles. The van der Waals surface area contributed by atoms with Gasteiger partial charge >= 0.3 is 5.97 Å². The van der Waals surface area contributed by atoms with Crippen molar-refractivity contribution < 1.29 is 14.3 Å². The molecule has 6 heteroatoms. The van der Waals surface area contributed by atoms with Gasteiger partial charge in [-0.3, -0.25) is 9.59 Å². The normalized spacial score (nSPS) is 11.4. The van der Waals surface area contributed by atoms with Crippen molar-refractivity contribution in [1.29, 1.82) is 0 Å². The summed E-state index contributed by atoms with van der Waals surface area (Å²) in [7, 11) is 1.34. The lowest BCUT2D eigenvalue weighted by Crippen LogP contribution is -2.25. The predicted molar refractivity (Wildman–Crippen MR) is 148 cm³/mol. The van der Waals surface area contributed by atoms with Crippen molar-refractivity contribution in [3.63, 3.8) is 0 Å². The average molecular weight is 510 g/mol. The molecule has 0 spiro atoms. The number of esters is 1. The molecule has 0 aliphatic heterocycles. The van der Waals surface area contributed by atoms with Crippen LogP contribution in [-0.4, -0.2) is 31.3 Å². The van der Waals surface area contributed by atoms with Gasteiger partial charge in [0.15, 0.2) is 0 Å². The molecule has 0 saturated carbocycles. The molecular weight excluding hydrogens is 474 g/mol. The molecule has 4 nitrogen and oxygen atoms in total. The second-order valence-electron chi connectivity index (χ2n) is 9.71. The number of thioether (sulfide) groups is 1. The van der Waals surface area contributed by atoms with E-state index in [0.717, 1.165) is 12.2 Å². The molecule has 0 atom stereocenters. The van der Waals surface area contributed by atoms with Crippen LogP contribution in [0.15, 0.2) is 53.4 Å². The van der Waals surface area contributed by atoms with Crippen LogP contribution in [0.1, 0.15) is 58.4 Å². The van der Waals surface area contributed by atoms with Crippen molar-refractivity contribution in [3.05, 3.63) is 75.0 Å². The number of methoxy groups -OCH3 is 1. The van der Waals surface area contributed by atoms with Crippen LogP contribution in [-0.2, 0) is 21.4 Å². The quantitative estimate of drug-likeness (QED) is 0.250. The molecule has 0 saturated heterocycles. The predicted octanol–water partition coefficient (Wildman–Crippen LogP) is 6.96. The van der Waals surface area contributed by atoms with Gasteiger partial charge in [-0.2, -0.15) is 0 Å². The van der Waals surface area contributed by atoms with E-state index < -0.39 is 0 Å². The molecule has 0 radical (unpaired) electrons. The molecule has 35 heavy (non-hydrogen) atoms. The molecule has 0 fully saturated rings. The highest BCUT2D eigenvalue weighted by molar-refractivity contribution is 7.99. The largest absolute Gasteiger partial charge is 0.469 e. The van der Waals surface area contributed by atoms with Crippen molar-refractivity contribution in [2.75, 3.05) is 19.4 Å². The summed E-state index contributed by atoms with van der Waals surface area (Å²) in [6, 6.07) is 17.4. The fourth-order valence-corrected chi connectivity index (χ4v) is 6.10. The van der Waals surface area contributed by atoms with Gasteiger partial charge in [-0.25, -0.2) is 0 Å². The van der Waals surface area contributed by atoms with Crippen LogP contribution in [0, 0.1) is 13.8 Å². The van der Waals surface area contributed by atoms with Crippen molar-refractivity contribution in [1.82, 2.24) is 5.32 Å². The van der Waals surface area contributed by atoms with Gasteiger partial charge in [0.05, 0.1) is 18.4 Å². The number of carbonyl (C=O) groups excluding carboxylic acids is 2. The second kappa shape index (κ2) is 11.9. The summed E-state index contributed by atoms with van der Waals surface area (Å²) in [6.45, 7) is 11.4. The summed E-state index contributed by atoms with van der Waals surface area (Å²) < 4.78 is 4.59. The third kappa shape index (κ3) is 7.45. The molecule has 3 rings (SSSR count). The molecule has 0 unspecified atom stereocenters. The van der Waals surface area contributed by atoms with Gasteiger partial charge in [0, 0.05) is 22.1 Å². The first-order valence-electron chi connectivity index (χ1n) is 11.9. The standard InChI is InChI=1S/C29H35NO3S2/c1-19-17-24(18-20(2)27(19)21-7-9-22(10-8-21)29(3,4)5)34-16-14-23-11-12-25(35-23)28(32)30-15-13-26(31)33-6/h7-12,17-18H,13-16H2,1-6H3,(H,30,32). The number of hydrogen-bond donors (Lipinski definition) is 1. The van der Waals surface area contributed by atoms with Gasteiger partial charge < -0.3 is 10.1 Å². The van der Waals surface area contributed by atoms with E-state index >= 15 is 0 Å². The third-order valence-electron chi connectivity index (χ3n) is 5.89. The highest BCUT2D eigenvalue weighted by atomic mass is 32.2. The Morgan fingerprint density at radius 1 is 1.00 bits per heavy atom. The van der Waals surface area contributed by atoms with Gasteiger partial charge in [0.25, 0.3) is 5.91 Å². The van der Waals surface area contributed by atoms with E-state index in [1.807, 2.05) is 23.9 Å². The topological polar surface area (TPSA) is 55.4 Å². The lowest BCUT2D eigenvalue weighted by molar-refractivity contribution is -0.140. The summed E-state index contributed by atoms with van der Waals surface area (Å²) in [4.78, 5) is 26.6. The lowest BCUT2D eigenvalue weighted by Gasteiger charge is -2.20. The van der Waals surface area contributed by atoms with Gasteiger partial charge in [-0.05, 0) is 77.8 Å². The van der Waals surface area contributed by atoms with Crippen LogP contribution in [0.5, 0.6) is 0 Å². The molecule has 0 bridgehead atoms. The summed E-state index contributed by atoms with van der Waals surface area (Å²) in [6.07, 6.45) is 1.08. The van der Waals surface area contributed by atoms with Crippen LogP contribution in [0.25, 0.3) is 11.1 Å². The Kier molecular flexibility index (Phi) is 9.20. The summed E-state index contributed by atoms with van der Waals surface area (Å²) >= 11 is 3.35. The SMILES string of the molecule is COC(=O)CCNC(=O)c1ccc(CCSc2cc(C)c(-c3ccc(C(C)(C)C)cc3)c(C)c2)s1. The van der Waals surface area contributed by atoms with Crippen LogP contribution < -0.4 is 5.32 Å². The number of ether oxygens (including phenoxy) is 1.